The van der Waals surface area contributed by atoms with Crippen molar-refractivity contribution in [3.05, 3.63) is 18.0 Å². The third-order valence-electron chi connectivity index (χ3n) is 4.23. The van der Waals surface area contributed by atoms with E-state index in [0.717, 1.165) is 32.2 Å². The average molecular weight is 249 g/mol. The van der Waals surface area contributed by atoms with E-state index in [-0.39, 0.29) is 0 Å². The highest BCUT2D eigenvalue weighted by Crippen LogP contribution is 2.34. The van der Waals surface area contributed by atoms with E-state index >= 15 is 0 Å². The molecule has 4 heteroatoms. The van der Waals surface area contributed by atoms with Crippen LogP contribution in [0.5, 0.6) is 0 Å². The highest BCUT2D eigenvalue weighted by atomic mass is 16.5. The van der Waals surface area contributed by atoms with E-state index in [1.165, 1.54) is 31.2 Å². The van der Waals surface area contributed by atoms with E-state index in [4.69, 9.17) is 4.74 Å². The van der Waals surface area contributed by atoms with E-state index < -0.39 is 0 Å². The van der Waals surface area contributed by atoms with Gasteiger partial charge in [0.2, 0.25) is 0 Å². The maximum Gasteiger partial charge on any atom is 0.0535 e. The predicted octanol–water partition coefficient (Wildman–Crippen LogP) is 1.51. The molecule has 1 unspecified atom stereocenters. The van der Waals surface area contributed by atoms with Crippen molar-refractivity contribution in [3.63, 3.8) is 0 Å². The zero-order chi connectivity index (χ0) is 12.4. The van der Waals surface area contributed by atoms with Crippen LogP contribution in [0.25, 0.3) is 0 Å². The lowest BCUT2D eigenvalue weighted by molar-refractivity contribution is 0.144. The van der Waals surface area contributed by atoms with Crippen molar-refractivity contribution < 1.29 is 4.74 Å². The summed E-state index contributed by atoms with van der Waals surface area (Å²) in [5.74, 6) is 0. The molecular formula is C14H23N3O. The van der Waals surface area contributed by atoms with Gasteiger partial charge in [-0.25, -0.2) is 0 Å². The smallest absolute Gasteiger partial charge is 0.0535 e. The molecule has 1 atom stereocenters. The van der Waals surface area contributed by atoms with E-state index in [1.54, 1.807) is 0 Å². The van der Waals surface area contributed by atoms with Gasteiger partial charge in [0.25, 0.3) is 0 Å². The monoisotopic (exact) mass is 249 g/mol. The van der Waals surface area contributed by atoms with Crippen molar-refractivity contribution in [1.29, 1.82) is 0 Å². The lowest BCUT2D eigenvalue weighted by Gasteiger charge is -2.27. The Kier molecular flexibility index (Phi) is 3.39. The predicted molar refractivity (Wildman–Crippen MR) is 70.4 cm³/mol. The summed E-state index contributed by atoms with van der Waals surface area (Å²) >= 11 is 0. The molecule has 0 spiro atoms. The lowest BCUT2D eigenvalue weighted by Crippen LogP contribution is -2.36. The standard InChI is InChI=1S/C14H23N3O/c1-17-9-12(8-16-17)4-5-14(6-7-18-11-14)10-15-13-2-3-13/h8-9,13,15H,2-7,10-11H2,1H3. The van der Waals surface area contributed by atoms with Crippen LogP contribution in [0.4, 0.5) is 0 Å². The van der Waals surface area contributed by atoms with E-state index in [1.807, 2.05) is 17.9 Å². The first-order chi connectivity index (χ1) is 8.76. The number of aromatic nitrogens is 2. The molecule has 100 valence electrons. The number of nitrogens with zero attached hydrogens (tertiary/aromatic N) is 2. The number of aryl methyl sites for hydroxylation is 2. The molecule has 1 aromatic rings. The Hall–Kier alpha value is -0.870. The fourth-order valence-electron chi connectivity index (χ4n) is 2.73. The quantitative estimate of drug-likeness (QED) is 0.830. The molecule has 1 saturated carbocycles. The second-order valence-corrected chi connectivity index (χ2v) is 5.98. The Morgan fingerprint density at radius 3 is 3.06 bits per heavy atom. The molecule has 0 aromatic carbocycles. The van der Waals surface area contributed by atoms with Crippen molar-refractivity contribution >= 4 is 0 Å². The number of hydrogen-bond acceptors (Lipinski definition) is 3. The van der Waals surface area contributed by atoms with E-state index in [2.05, 4.69) is 16.6 Å². The molecule has 2 fully saturated rings. The molecule has 1 saturated heterocycles. The second-order valence-electron chi connectivity index (χ2n) is 5.98. The van der Waals surface area contributed by atoms with Crippen molar-refractivity contribution in [2.75, 3.05) is 19.8 Å². The maximum atomic E-state index is 5.65. The summed E-state index contributed by atoms with van der Waals surface area (Å²) in [7, 11) is 1.98. The Labute approximate surface area is 109 Å². The Bertz CT molecular complexity index is 391. The molecule has 18 heavy (non-hydrogen) atoms. The Balaban J connectivity index is 1.55. The summed E-state index contributed by atoms with van der Waals surface area (Å²) in [4.78, 5) is 0. The summed E-state index contributed by atoms with van der Waals surface area (Å²) in [6, 6.07) is 0.792. The van der Waals surface area contributed by atoms with Gasteiger partial charge in [-0.3, -0.25) is 4.68 Å². The number of rotatable bonds is 6. The number of nitrogens with one attached hydrogen (secondary N) is 1. The van der Waals surface area contributed by atoms with Gasteiger partial charge >= 0.3 is 0 Å². The van der Waals surface area contributed by atoms with Crippen LogP contribution in [0.3, 0.4) is 0 Å². The summed E-state index contributed by atoms with van der Waals surface area (Å²) in [5, 5.41) is 7.92. The van der Waals surface area contributed by atoms with Gasteiger partial charge in [0.1, 0.15) is 0 Å². The molecule has 0 bridgehead atoms. The SMILES string of the molecule is Cn1cc(CCC2(CNC3CC3)CCOC2)cn1. The van der Waals surface area contributed by atoms with Gasteiger partial charge in [0.05, 0.1) is 12.8 Å². The van der Waals surface area contributed by atoms with Crippen LogP contribution in [0, 0.1) is 5.41 Å². The van der Waals surface area contributed by atoms with Crippen LogP contribution in [0.15, 0.2) is 12.4 Å². The van der Waals surface area contributed by atoms with Crippen molar-refractivity contribution in [3.8, 4) is 0 Å². The fraction of sp³-hybridized carbons (Fsp3) is 0.786. The first-order valence-electron chi connectivity index (χ1n) is 7.04. The third kappa shape index (κ3) is 2.93. The summed E-state index contributed by atoms with van der Waals surface area (Å²) in [6.45, 7) is 2.98. The summed E-state index contributed by atoms with van der Waals surface area (Å²) in [5.41, 5.74) is 1.70. The van der Waals surface area contributed by atoms with Crippen LogP contribution < -0.4 is 5.32 Å². The Morgan fingerprint density at radius 1 is 1.56 bits per heavy atom. The van der Waals surface area contributed by atoms with E-state index in [0.29, 0.717) is 5.41 Å². The fourth-order valence-corrected chi connectivity index (χ4v) is 2.73. The van der Waals surface area contributed by atoms with Crippen LogP contribution in [-0.4, -0.2) is 35.6 Å². The molecule has 1 aromatic heterocycles. The summed E-state index contributed by atoms with van der Waals surface area (Å²) in [6.07, 6.45) is 10.4. The van der Waals surface area contributed by atoms with Crippen LogP contribution >= 0.6 is 0 Å². The molecule has 1 aliphatic carbocycles. The van der Waals surface area contributed by atoms with Gasteiger partial charge in [-0.1, -0.05) is 0 Å². The van der Waals surface area contributed by atoms with Gasteiger partial charge in [0.15, 0.2) is 0 Å². The molecule has 1 aliphatic heterocycles. The van der Waals surface area contributed by atoms with Crippen LogP contribution in [0.2, 0.25) is 0 Å². The topological polar surface area (TPSA) is 39.1 Å². The molecule has 2 aliphatic rings. The molecule has 0 amide bonds. The molecule has 0 radical (unpaired) electrons. The first kappa shape index (κ1) is 12.2. The number of hydrogen-bond donors (Lipinski definition) is 1. The van der Waals surface area contributed by atoms with Crippen molar-refractivity contribution in [1.82, 2.24) is 15.1 Å². The third-order valence-corrected chi connectivity index (χ3v) is 4.23. The van der Waals surface area contributed by atoms with E-state index in [9.17, 15) is 0 Å². The molecule has 4 nitrogen and oxygen atoms in total. The van der Waals surface area contributed by atoms with Gasteiger partial charge < -0.3 is 10.1 Å². The van der Waals surface area contributed by atoms with Gasteiger partial charge in [-0.05, 0) is 37.7 Å². The highest BCUT2D eigenvalue weighted by Gasteiger charge is 2.36. The molecular weight excluding hydrogens is 226 g/mol. The normalized spacial score (nSPS) is 27.8. The van der Waals surface area contributed by atoms with Crippen molar-refractivity contribution in [2.24, 2.45) is 12.5 Å². The van der Waals surface area contributed by atoms with Gasteiger partial charge in [-0.15, -0.1) is 0 Å². The average Bonchev–Trinajstić information content (AvgIpc) is 2.93. The second kappa shape index (κ2) is 5.02. The zero-order valence-electron chi connectivity index (χ0n) is 11.2. The van der Waals surface area contributed by atoms with Crippen molar-refractivity contribution in [2.45, 2.75) is 38.1 Å². The minimum atomic E-state index is 0.360. The zero-order valence-corrected chi connectivity index (χ0v) is 11.2. The molecule has 3 rings (SSSR count). The number of ether oxygens (including phenoxy) is 1. The van der Waals surface area contributed by atoms with Gasteiger partial charge in [-0.2, -0.15) is 5.10 Å². The molecule has 1 N–H and O–H groups in total. The minimum Gasteiger partial charge on any atom is -0.381 e. The lowest BCUT2D eigenvalue weighted by atomic mass is 9.81. The molecule has 2 heterocycles. The largest absolute Gasteiger partial charge is 0.381 e. The van der Waals surface area contributed by atoms with Crippen LogP contribution in [-0.2, 0) is 18.2 Å². The Morgan fingerprint density at radius 2 is 2.44 bits per heavy atom. The first-order valence-corrected chi connectivity index (χ1v) is 7.04. The highest BCUT2D eigenvalue weighted by molar-refractivity contribution is 5.05. The van der Waals surface area contributed by atoms with Gasteiger partial charge in [0, 0.05) is 37.9 Å². The maximum absolute atomic E-state index is 5.65. The minimum absolute atomic E-state index is 0.360. The summed E-state index contributed by atoms with van der Waals surface area (Å²) < 4.78 is 7.53. The van der Waals surface area contributed by atoms with Crippen LogP contribution in [0.1, 0.15) is 31.2 Å².